The quantitative estimate of drug-likeness (QED) is 0.740. The minimum atomic E-state index is -0.425. The number of nitrogens with two attached hydrogens (primary N) is 1. The standard InChI is InChI=1S/C19H19N/c1-2-19(20,17-10-4-3-5-11-17)18-13-12-15-8-6-7-9-16(15)14-18/h3-14H,2,20H2,1H3. The molecular weight excluding hydrogens is 242 g/mol. The van der Waals surface area contributed by atoms with Gasteiger partial charge in [0.15, 0.2) is 0 Å². The third kappa shape index (κ3) is 2.10. The molecule has 1 nitrogen and oxygen atoms in total. The number of benzene rings is 3. The predicted octanol–water partition coefficient (Wildman–Crippen LogP) is 4.45. The first kappa shape index (κ1) is 12.9. The summed E-state index contributed by atoms with van der Waals surface area (Å²) in [5, 5.41) is 2.49. The Morgan fingerprint density at radius 3 is 2.10 bits per heavy atom. The molecular formula is C19H19N. The summed E-state index contributed by atoms with van der Waals surface area (Å²) in [6.45, 7) is 2.14. The maximum atomic E-state index is 6.73. The van der Waals surface area contributed by atoms with Crippen molar-refractivity contribution in [2.75, 3.05) is 0 Å². The lowest BCUT2D eigenvalue weighted by Gasteiger charge is -2.30. The molecule has 0 aliphatic carbocycles. The van der Waals surface area contributed by atoms with E-state index in [0.29, 0.717) is 0 Å². The summed E-state index contributed by atoms with van der Waals surface area (Å²) in [5.41, 5.74) is 8.64. The van der Waals surface area contributed by atoms with E-state index in [-0.39, 0.29) is 0 Å². The van der Waals surface area contributed by atoms with E-state index in [4.69, 9.17) is 5.73 Å². The van der Waals surface area contributed by atoms with Gasteiger partial charge in [-0.2, -0.15) is 0 Å². The van der Waals surface area contributed by atoms with Crippen molar-refractivity contribution in [3.05, 3.63) is 83.9 Å². The Hall–Kier alpha value is -2.12. The molecule has 0 bridgehead atoms. The molecule has 0 aromatic heterocycles. The molecule has 0 saturated heterocycles. The Balaban J connectivity index is 2.16. The van der Waals surface area contributed by atoms with Crippen LogP contribution in [0.4, 0.5) is 0 Å². The lowest BCUT2D eigenvalue weighted by Crippen LogP contribution is -2.37. The van der Waals surface area contributed by atoms with Gasteiger partial charge in [-0.15, -0.1) is 0 Å². The molecule has 0 saturated carbocycles. The zero-order chi connectivity index (χ0) is 14.0. The zero-order valence-electron chi connectivity index (χ0n) is 11.7. The van der Waals surface area contributed by atoms with E-state index < -0.39 is 5.54 Å². The molecule has 20 heavy (non-hydrogen) atoms. The number of hydrogen-bond acceptors (Lipinski definition) is 1. The van der Waals surface area contributed by atoms with E-state index in [1.807, 2.05) is 18.2 Å². The van der Waals surface area contributed by atoms with Gasteiger partial charge in [-0.1, -0.05) is 73.7 Å². The number of hydrogen-bond donors (Lipinski definition) is 1. The summed E-state index contributed by atoms with van der Waals surface area (Å²) in [6.07, 6.45) is 0.870. The second kappa shape index (κ2) is 5.10. The summed E-state index contributed by atoms with van der Waals surface area (Å²) in [7, 11) is 0. The zero-order valence-corrected chi connectivity index (χ0v) is 11.7. The number of rotatable bonds is 3. The molecule has 0 aliphatic heterocycles. The van der Waals surface area contributed by atoms with Crippen LogP contribution in [0.2, 0.25) is 0 Å². The van der Waals surface area contributed by atoms with Gasteiger partial charge in [-0.3, -0.25) is 0 Å². The normalized spacial score (nSPS) is 14.1. The van der Waals surface area contributed by atoms with Gasteiger partial charge in [0, 0.05) is 0 Å². The molecule has 0 amide bonds. The highest BCUT2D eigenvalue weighted by atomic mass is 14.7. The summed E-state index contributed by atoms with van der Waals surface area (Å²) in [5.74, 6) is 0. The van der Waals surface area contributed by atoms with Crippen LogP contribution in [0.15, 0.2) is 72.8 Å². The van der Waals surface area contributed by atoms with Crippen LogP contribution in [0.1, 0.15) is 24.5 Å². The largest absolute Gasteiger partial charge is 0.318 e. The first-order valence-electron chi connectivity index (χ1n) is 7.08. The molecule has 1 unspecified atom stereocenters. The second-order valence-electron chi connectivity index (χ2n) is 5.25. The molecule has 3 aromatic rings. The fourth-order valence-electron chi connectivity index (χ4n) is 2.78. The lowest BCUT2D eigenvalue weighted by atomic mass is 9.81. The fraction of sp³-hybridized carbons (Fsp3) is 0.158. The molecule has 100 valence electrons. The highest BCUT2D eigenvalue weighted by molar-refractivity contribution is 5.83. The molecule has 0 aliphatic rings. The van der Waals surface area contributed by atoms with Crippen LogP contribution >= 0.6 is 0 Å². The minimum Gasteiger partial charge on any atom is -0.318 e. The van der Waals surface area contributed by atoms with Crippen molar-refractivity contribution in [3.8, 4) is 0 Å². The topological polar surface area (TPSA) is 26.0 Å². The van der Waals surface area contributed by atoms with Crippen LogP contribution in [-0.4, -0.2) is 0 Å². The minimum absolute atomic E-state index is 0.425. The maximum absolute atomic E-state index is 6.73. The molecule has 3 aromatic carbocycles. The first-order chi connectivity index (χ1) is 9.74. The Morgan fingerprint density at radius 1 is 0.750 bits per heavy atom. The van der Waals surface area contributed by atoms with Crippen LogP contribution in [0.25, 0.3) is 10.8 Å². The molecule has 0 heterocycles. The molecule has 0 radical (unpaired) electrons. The van der Waals surface area contributed by atoms with Crippen molar-refractivity contribution in [3.63, 3.8) is 0 Å². The van der Waals surface area contributed by atoms with Crippen molar-refractivity contribution in [2.24, 2.45) is 5.73 Å². The third-order valence-electron chi connectivity index (χ3n) is 4.11. The number of fused-ring (bicyclic) bond motifs is 1. The predicted molar refractivity (Wildman–Crippen MR) is 85.6 cm³/mol. The van der Waals surface area contributed by atoms with Crippen molar-refractivity contribution in [1.29, 1.82) is 0 Å². The van der Waals surface area contributed by atoms with E-state index in [9.17, 15) is 0 Å². The molecule has 2 N–H and O–H groups in total. The average molecular weight is 261 g/mol. The first-order valence-corrected chi connectivity index (χ1v) is 7.08. The van der Waals surface area contributed by atoms with Crippen LogP contribution in [0.3, 0.4) is 0 Å². The molecule has 1 heteroatoms. The average Bonchev–Trinajstić information content (AvgIpc) is 2.54. The molecule has 0 fully saturated rings. The van der Waals surface area contributed by atoms with Gasteiger partial charge >= 0.3 is 0 Å². The van der Waals surface area contributed by atoms with Gasteiger partial charge in [0.25, 0.3) is 0 Å². The van der Waals surface area contributed by atoms with Crippen LogP contribution < -0.4 is 5.73 Å². The molecule has 1 atom stereocenters. The lowest BCUT2D eigenvalue weighted by molar-refractivity contribution is 0.519. The molecule has 3 rings (SSSR count). The van der Waals surface area contributed by atoms with Crippen molar-refractivity contribution >= 4 is 10.8 Å². The van der Waals surface area contributed by atoms with Gasteiger partial charge in [-0.05, 0) is 34.4 Å². The van der Waals surface area contributed by atoms with Crippen LogP contribution in [0, 0.1) is 0 Å². The van der Waals surface area contributed by atoms with E-state index in [0.717, 1.165) is 12.0 Å². The molecule has 0 spiro atoms. The highest BCUT2D eigenvalue weighted by Gasteiger charge is 2.27. The van der Waals surface area contributed by atoms with Gasteiger partial charge < -0.3 is 5.73 Å². The Morgan fingerprint density at radius 2 is 1.40 bits per heavy atom. The van der Waals surface area contributed by atoms with E-state index >= 15 is 0 Å². The highest BCUT2D eigenvalue weighted by Crippen LogP contribution is 2.32. The fourth-order valence-corrected chi connectivity index (χ4v) is 2.78. The van der Waals surface area contributed by atoms with E-state index in [2.05, 4.69) is 61.5 Å². The Bertz CT molecular complexity index is 718. The Labute approximate surface area is 120 Å². The van der Waals surface area contributed by atoms with Crippen molar-refractivity contribution < 1.29 is 0 Å². The second-order valence-corrected chi connectivity index (χ2v) is 5.25. The SMILES string of the molecule is CCC(N)(c1ccccc1)c1ccc2ccccc2c1. The summed E-state index contributed by atoms with van der Waals surface area (Å²) in [4.78, 5) is 0. The van der Waals surface area contributed by atoms with Crippen LogP contribution in [0.5, 0.6) is 0 Å². The van der Waals surface area contributed by atoms with Gasteiger partial charge in [-0.25, -0.2) is 0 Å². The third-order valence-corrected chi connectivity index (χ3v) is 4.11. The van der Waals surface area contributed by atoms with Gasteiger partial charge in [0.2, 0.25) is 0 Å². The van der Waals surface area contributed by atoms with E-state index in [1.165, 1.54) is 16.3 Å². The Kier molecular flexibility index (Phi) is 3.29. The summed E-state index contributed by atoms with van der Waals surface area (Å²) >= 11 is 0. The monoisotopic (exact) mass is 261 g/mol. The van der Waals surface area contributed by atoms with Crippen LogP contribution in [-0.2, 0) is 5.54 Å². The van der Waals surface area contributed by atoms with Crippen molar-refractivity contribution in [1.82, 2.24) is 0 Å². The summed E-state index contributed by atoms with van der Waals surface area (Å²) in [6, 6.07) is 25.3. The van der Waals surface area contributed by atoms with E-state index in [1.54, 1.807) is 0 Å². The van der Waals surface area contributed by atoms with Crippen molar-refractivity contribution in [2.45, 2.75) is 18.9 Å². The smallest absolute Gasteiger partial charge is 0.0663 e. The summed E-state index contributed by atoms with van der Waals surface area (Å²) < 4.78 is 0. The van der Waals surface area contributed by atoms with Gasteiger partial charge in [0.05, 0.1) is 5.54 Å². The van der Waals surface area contributed by atoms with Gasteiger partial charge in [0.1, 0.15) is 0 Å². The maximum Gasteiger partial charge on any atom is 0.0663 e.